The Bertz CT molecular complexity index is 432. The predicted octanol–water partition coefficient (Wildman–Crippen LogP) is 2.81. The van der Waals surface area contributed by atoms with E-state index in [1.165, 1.54) is 6.92 Å². The Morgan fingerprint density at radius 2 is 1.84 bits per heavy atom. The minimum atomic E-state index is -2.54. The third kappa shape index (κ3) is 7.77. The van der Waals surface area contributed by atoms with Crippen molar-refractivity contribution < 1.29 is 22.3 Å². The fourth-order valence-electron chi connectivity index (χ4n) is 1.40. The lowest BCUT2D eigenvalue weighted by molar-refractivity contribution is -0.152. The summed E-state index contributed by atoms with van der Waals surface area (Å²) >= 11 is 0. The van der Waals surface area contributed by atoms with Crippen LogP contribution in [-0.4, -0.2) is 25.6 Å². The van der Waals surface area contributed by atoms with Gasteiger partial charge in [0.05, 0.1) is 10.4 Å². The average Bonchev–Trinajstić information content (AvgIpc) is 2.36. The van der Waals surface area contributed by atoms with Gasteiger partial charge in [0.1, 0.15) is 0 Å². The summed E-state index contributed by atoms with van der Waals surface area (Å²) in [6.45, 7) is 6.58. The number of halogens is 1. The zero-order chi connectivity index (χ0) is 14.8. The van der Waals surface area contributed by atoms with Crippen molar-refractivity contribution in [2.75, 3.05) is 0 Å². The summed E-state index contributed by atoms with van der Waals surface area (Å²) in [5.41, 5.74) is -0.332. The maximum Gasteiger partial charge on any atom is 0.341 e. The summed E-state index contributed by atoms with van der Waals surface area (Å²) in [6, 6.07) is 0. The fourth-order valence-corrected chi connectivity index (χ4v) is 1.68. The minimum Gasteiger partial charge on any atom is -0.428 e. The van der Waals surface area contributed by atoms with E-state index in [4.69, 9.17) is 0 Å². The molecule has 0 aromatic carbocycles. The summed E-state index contributed by atoms with van der Waals surface area (Å²) in [7, 11) is -2.54. The molecule has 0 aromatic rings. The SMILES string of the molecule is C=C(C(=O)OC(F)CCCCCCC)C(C)=S(=O)=O. The molecular formula is C13H21FO4S. The van der Waals surface area contributed by atoms with E-state index < -0.39 is 22.6 Å². The first-order valence-corrected chi connectivity index (χ1v) is 7.44. The predicted molar refractivity (Wildman–Crippen MR) is 73.1 cm³/mol. The standard InChI is InChI=1S/C13H21FO4S/c1-4-5-6-7-8-9-12(14)18-13(15)10(2)11(3)19(16)17/h12H,2,4-9H2,1,3H3. The van der Waals surface area contributed by atoms with Gasteiger partial charge in [-0.1, -0.05) is 39.2 Å². The molecule has 0 rings (SSSR count). The van der Waals surface area contributed by atoms with Gasteiger partial charge >= 0.3 is 5.97 Å². The number of hydrogen-bond donors (Lipinski definition) is 0. The van der Waals surface area contributed by atoms with E-state index in [2.05, 4.69) is 18.2 Å². The van der Waals surface area contributed by atoms with E-state index in [1.54, 1.807) is 0 Å². The van der Waals surface area contributed by atoms with Gasteiger partial charge in [0, 0.05) is 6.42 Å². The van der Waals surface area contributed by atoms with E-state index in [-0.39, 0.29) is 16.9 Å². The highest BCUT2D eigenvalue weighted by atomic mass is 32.2. The van der Waals surface area contributed by atoms with Crippen LogP contribution in [0, 0.1) is 0 Å². The molecule has 0 radical (unpaired) electrons. The number of alkyl halides is 1. The van der Waals surface area contributed by atoms with Crippen molar-refractivity contribution >= 4 is 21.1 Å². The number of rotatable bonds is 9. The van der Waals surface area contributed by atoms with E-state index in [9.17, 15) is 17.6 Å². The Balaban J connectivity index is 4.06. The van der Waals surface area contributed by atoms with Crippen LogP contribution < -0.4 is 0 Å². The second-order valence-corrected chi connectivity index (χ2v) is 5.37. The van der Waals surface area contributed by atoms with Gasteiger partial charge in [-0.2, -0.15) is 8.42 Å². The van der Waals surface area contributed by atoms with Gasteiger partial charge < -0.3 is 4.74 Å². The van der Waals surface area contributed by atoms with Crippen molar-refractivity contribution in [3.05, 3.63) is 12.2 Å². The lowest BCUT2D eigenvalue weighted by Gasteiger charge is -2.10. The van der Waals surface area contributed by atoms with Crippen LogP contribution in [0.3, 0.4) is 0 Å². The molecule has 0 saturated heterocycles. The number of carbonyl (C=O) groups is 1. The topological polar surface area (TPSA) is 60.4 Å². The van der Waals surface area contributed by atoms with Crippen molar-refractivity contribution in [3.63, 3.8) is 0 Å². The molecule has 6 heteroatoms. The average molecular weight is 292 g/mol. The van der Waals surface area contributed by atoms with Crippen molar-refractivity contribution in [1.29, 1.82) is 0 Å². The van der Waals surface area contributed by atoms with Gasteiger partial charge in [0.25, 0.3) is 0 Å². The molecule has 0 aliphatic carbocycles. The molecule has 0 saturated carbocycles. The first-order chi connectivity index (χ1) is 8.90. The molecular weight excluding hydrogens is 271 g/mol. The molecule has 19 heavy (non-hydrogen) atoms. The lowest BCUT2D eigenvalue weighted by Crippen LogP contribution is -2.18. The number of ether oxygens (including phenoxy) is 1. The maximum absolute atomic E-state index is 13.3. The van der Waals surface area contributed by atoms with Gasteiger partial charge in [-0.25, -0.2) is 9.18 Å². The summed E-state index contributed by atoms with van der Waals surface area (Å²) in [4.78, 5) is 11.1. The molecule has 1 unspecified atom stereocenters. The van der Waals surface area contributed by atoms with Gasteiger partial charge in [0.2, 0.25) is 16.7 Å². The normalized spacial score (nSPS) is 11.7. The number of esters is 1. The molecule has 0 N–H and O–H groups in total. The molecule has 4 nitrogen and oxygen atoms in total. The summed E-state index contributed by atoms with van der Waals surface area (Å²) in [5, 5.41) is 0. The van der Waals surface area contributed by atoms with Crippen LogP contribution in [0.2, 0.25) is 0 Å². The highest BCUT2D eigenvalue weighted by molar-refractivity contribution is 7.73. The van der Waals surface area contributed by atoms with Crippen molar-refractivity contribution in [2.45, 2.75) is 58.7 Å². The highest BCUT2D eigenvalue weighted by Crippen LogP contribution is 2.12. The Kier molecular flexibility index (Phi) is 9.12. The Morgan fingerprint density at radius 3 is 2.37 bits per heavy atom. The summed E-state index contributed by atoms with van der Waals surface area (Å²) in [6.07, 6.45) is 3.19. The van der Waals surface area contributed by atoms with Crippen LogP contribution in [0.4, 0.5) is 4.39 Å². The van der Waals surface area contributed by atoms with Crippen LogP contribution in [0.25, 0.3) is 0 Å². The van der Waals surface area contributed by atoms with E-state index in [1.807, 2.05) is 0 Å². The smallest absolute Gasteiger partial charge is 0.341 e. The first kappa shape index (κ1) is 17.8. The van der Waals surface area contributed by atoms with Gasteiger partial charge in [0.15, 0.2) is 0 Å². The Labute approximate surface area is 115 Å². The number of hydrogen-bond acceptors (Lipinski definition) is 4. The molecule has 0 bridgehead atoms. The van der Waals surface area contributed by atoms with Crippen LogP contribution >= 0.6 is 0 Å². The Hall–Kier alpha value is -1.17. The van der Waals surface area contributed by atoms with Crippen LogP contribution in [0.5, 0.6) is 0 Å². The monoisotopic (exact) mass is 292 g/mol. The second kappa shape index (κ2) is 9.72. The Morgan fingerprint density at radius 1 is 1.26 bits per heavy atom. The molecule has 0 aliphatic heterocycles. The quantitative estimate of drug-likeness (QED) is 0.284. The third-order valence-electron chi connectivity index (χ3n) is 2.69. The van der Waals surface area contributed by atoms with Crippen LogP contribution in [0.1, 0.15) is 52.4 Å². The van der Waals surface area contributed by atoms with Crippen molar-refractivity contribution in [3.8, 4) is 0 Å². The number of unbranched alkanes of at least 4 members (excludes halogenated alkanes) is 4. The molecule has 0 amide bonds. The molecule has 110 valence electrons. The molecule has 0 heterocycles. The molecule has 0 aliphatic rings. The zero-order valence-electron chi connectivity index (χ0n) is 11.4. The largest absolute Gasteiger partial charge is 0.428 e. The van der Waals surface area contributed by atoms with Crippen molar-refractivity contribution in [2.24, 2.45) is 0 Å². The second-order valence-electron chi connectivity index (χ2n) is 4.29. The molecule has 0 spiro atoms. The fraction of sp³-hybridized carbons (Fsp3) is 0.692. The van der Waals surface area contributed by atoms with Gasteiger partial charge in [-0.15, -0.1) is 0 Å². The molecule has 0 fully saturated rings. The molecule has 0 aromatic heterocycles. The first-order valence-electron chi connectivity index (χ1n) is 6.37. The minimum absolute atomic E-state index is 0.127. The zero-order valence-corrected chi connectivity index (χ0v) is 12.3. The number of carbonyl (C=O) groups excluding carboxylic acids is 1. The van der Waals surface area contributed by atoms with Crippen LogP contribution in [-0.2, 0) is 19.8 Å². The third-order valence-corrected chi connectivity index (χ3v) is 3.44. The van der Waals surface area contributed by atoms with E-state index >= 15 is 0 Å². The highest BCUT2D eigenvalue weighted by Gasteiger charge is 2.17. The van der Waals surface area contributed by atoms with Crippen LogP contribution in [0.15, 0.2) is 12.2 Å². The molecule has 1 atom stereocenters. The maximum atomic E-state index is 13.3. The van der Waals surface area contributed by atoms with Gasteiger partial charge in [-0.05, 0) is 13.3 Å². The lowest BCUT2D eigenvalue weighted by atomic mass is 10.1. The summed E-state index contributed by atoms with van der Waals surface area (Å²) < 4.78 is 39.0. The van der Waals surface area contributed by atoms with Gasteiger partial charge in [-0.3, -0.25) is 0 Å². The van der Waals surface area contributed by atoms with E-state index in [0.29, 0.717) is 6.42 Å². The van der Waals surface area contributed by atoms with E-state index in [0.717, 1.165) is 25.7 Å². The van der Waals surface area contributed by atoms with Crippen molar-refractivity contribution in [1.82, 2.24) is 0 Å². The summed E-state index contributed by atoms with van der Waals surface area (Å²) in [5.74, 6) is -1.03.